The molecule has 3 heterocycles. The van der Waals surface area contributed by atoms with Gasteiger partial charge in [-0.15, -0.1) is 10.2 Å². The Kier molecular flexibility index (Phi) is 12.2. The van der Waals surface area contributed by atoms with Crippen LogP contribution in [0.1, 0.15) is 92.9 Å². The molecule has 1 aromatic carbocycles. The van der Waals surface area contributed by atoms with Crippen molar-refractivity contribution >= 4 is 44.6 Å². The Bertz CT molecular complexity index is 2100. The minimum Gasteiger partial charge on any atom is -0.476 e. The second-order valence-electron chi connectivity index (χ2n) is 17.0. The van der Waals surface area contributed by atoms with E-state index in [9.17, 15) is 40.8 Å². The largest absolute Gasteiger partial charge is 0.476 e. The molecule has 0 unspecified atom stereocenters. The molecule has 6 rings (SSSR count). The standard InChI is InChI=1S/C40H53F3N6O9S/c1-7-24-19-23(3)13-9-10-14-25-21-39(25,35(52)48-59(54,55)38(6)17-18-38)45-31(50)29-20-26(57-33-28-16-12-11-15-27(28)32(46-47-33)56-8-2)22-49(29)34(51)30(24)44-36(53)58-37(4,5)40(41,42)43/h10-12,14-16,23-26,29-30H,7-9,13,17-22H2,1-6H3,(H,44,53)(H,45,50)(H,48,52)/b14-10-/t23-,24+,25+,26+,29-,30-,39+/m0/s1. The van der Waals surface area contributed by atoms with Crippen LogP contribution in [-0.4, -0.2) is 101 Å². The van der Waals surface area contributed by atoms with E-state index in [0.29, 0.717) is 69.8 Å². The number of nitrogens with one attached hydrogen (secondary N) is 3. The Morgan fingerprint density at radius 3 is 2.34 bits per heavy atom. The highest BCUT2D eigenvalue weighted by Crippen LogP contribution is 2.48. The number of allylic oxidation sites excluding steroid dienone is 1. The molecule has 59 heavy (non-hydrogen) atoms. The maximum Gasteiger partial charge on any atom is 0.427 e. The summed E-state index contributed by atoms with van der Waals surface area (Å²) in [5.74, 6) is -3.30. The summed E-state index contributed by atoms with van der Waals surface area (Å²) in [6.45, 7) is 8.56. The number of aromatic nitrogens is 2. The highest BCUT2D eigenvalue weighted by atomic mass is 32.2. The quantitative estimate of drug-likeness (QED) is 0.270. The zero-order valence-electron chi connectivity index (χ0n) is 34.1. The van der Waals surface area contributed by atoms with E-state index in [0.717, 1.165) is 0 Å². The molecule has 2 aromatic rings. The summed E-state index contributed by atoms with van der Waals surface area (Å²) in [4.78, 5) is 57.9. The van der Waals surface area contributed by atoms with Gasteiger partial charge in [0.25, 0.3) is 5.91 Å². The van der Waals surface area contributed by atoms with Crippen molar-refractivity contribution in [1.82, 2.24) is 30.5 Å². The molecule has 2 saturated carbocycles. The molecule has 2 aliphatic carbocycles. The first-order valence-electron chi connectivity index (χ1n) is 20.1. The number of halogens is 3. The van der Waals surface area contributed by atoms with Crippen molar-refractivity contribution in [3.63, 3.8) is 0 Å². The van der Waals surface area contributed by atoms with Crippen molar-refractivity contribution in [3.05, 3.63) is 36.4 Å². The number of nitrogens with zero attached hydrogens (tertiary/aromatic N) is 3. The Hall–Kier alpha value is -4.68. The van der Waals surface area contributed by atoms with Gasteiger partial charge in [0.05, 0.1) is 28.7 Å². The topological polar surface area (TPSA) is 195 Å². The number of hydrogen-bond acceptors (Lipinski definition) is 11. The van der Waals surface area contributed by atoms with Crippen molar-refractivity contribution in [1.29, 1.82) is 0 Å². The molecule has 0 bridgehead atoms. The molecule has 7 atom stereocenters. The van der Waals surface area contributed by atoms with Crippen LogP contribution in [0, 0.1) is 17.8 Å². The summed E-state index contributed by atoms with van der Waals surface area (Å²) in [7, 11) is -4.09. The van der Waals surface area contributed by atoms with Crippen LogP contribution in [-0.2, 0) is 29.1 Å². The minimum absolute atomic E-state index is 0.0390. The number of carbonyl (C=O) groups is 4. The van der Waals surface area contributed by atoms with E-state index in [1.54, 1.807) is 44.2 Å². The normalized spacial score (nSPS) is 29.1. The van der Waals surface area contributed by atoms with Gasteiger partial charge < -0.3 is 29.7 Å². The Labute approximate surface area is 341 Å². The molecule has 3 fully saturated rings. The minimum atomic E-state index is -4.92. The molecule has 0 spiro atoms. The van der Waals surface area contributed by atoms with Crippen molar-refractivity contribution in [2.45, 2.75) is 133 Å². The van der Waals surface area contributed by atoms with E-state index in [2.05, 4.69) is 25.6 Å². The van der Waals surface area contributed by atoms with E-state index in [1.807, 2.05) is 13.0 Å². The second kappa shape index (κ2) is 16.4. The number of carbonyl (C=O) groups excluding carboxylic acids is 4. The molecule has 1 saturated heterocycles. The molecule has 0 radical (unpaired) electrons. The summed E-state index contributed by atoms with van der Waals surface area (Å²) in [6, 6.07) is 4.29. The van der Waals surface area contributed by atoms with E-state index < -0.39 is 85.9 Å². The van der Waals surface area contributed by atoms with Crippen LogP contribution in [0.5, 0.6) is 11.8 Å². The fraction of sp³-hybridized carbons (Fsp3) is 0.650. The molecule has 2 aliphatic heterocycles. The number of sulfonamides is 1. The number of rotatable bonds is 10. The molecule has 4 aliphatic rings. The van der Waals surface area contributed by atoms with Gasteiger partial charge in [-0.1, -0.05) is 44.6 Å². The summed E-state index contributed by atoms with van der Waals surface area (Å²) in [5.41, 5.74) is -4.55. The average molecular weight is 851 g/mol. The highest BCUT2D eigenvalue weighted by molar-refractivity contribution is 7.91. The maximum absolute atomic E-state index is 14.9. The van der Waals surface area contributed by atoms with Gasteiger partial charge in [0.1, 0.15) is 23.7 Å². The van der Waals surface area contributed by atoms with Crippen LogP contribution < -0.4 is 24.8 Å². The predicted octanol–water partition coefficient (Wildman–Crippen LogP) is 5.09. The average Bonchev–Trinajstić information content (AvgIpc) is 4.04. The summed E-state index contributed by atoms with van der Waals surface area (Å²) in [5, 5.41) is 14.8. The summed E-state index contributed by atoms with van der Waals surface area (Å²) < 4.78 is 85.8. The molecule has 4 amide bonds. The van der Waals surface area contributed by atoms with Crippen LogP contribution in [0.25, 0.3) is 10.8 Å². The van der Waals surface area contributed by atoms with Crippen LogP contribution in [0.3, 0.4) is 0 Å². The van der Waals surface area contributed by atoms with E-state index in [1.165, 1.54) is 11.8 Å². The number of benzene rings is 1. The third-order valence-electron chi connectivity index (χ3n) is 12.1. The number of hydrogen-bond donors (Lipinski definition) is 3. The second-order valence-corrected chi connectivity index (χ2v) is 19.2. The van der Waals surface area contributed by atoms with Crippen LogP contribution in [0.2, 0.25) is 0 Å². The predicted molar refractivity (Wildman–Crippen MR) is 208 cm³/mol. The summed E-state index contributed by atoms with van der Waals surface area (Å²) >= 11 is 0. The number of alkyl carbamates (subject to hydrolysis) is 1. The molecule has 15 nitrogen and oxygen atoms in total. The van der Waals surface area contributed by atoms with Gasteiger partial charge >= 0.3 is 12.3 Å². The lowest BCUT2D eigenvalue weighted by Gasteiger charge is -2.35. The van der Waals surface area contributed by atoms with Crippen molar-refractivity contribution < 1.29 is 55.0 Å². The Balaban J connectivity index is 1.37. The summed E-state index contributed by atoms with van der Waals surface area (Å²) in [6.07, 6.45) is -1.06. The SMILES string of the molecule is CCOc1nnc(O[C@@H]2C[C@H]3C(=O)N[C@]4(C(=O)NS(=O)(=O)C5(C)CC5)C[C@H]4/C=C\CC[C@H](C)C[C@@H](CC)[C@H](NC(=O)OC(C)(C)C(F)(F)F)C(=O)N3C2)c2ccccc12. The van der Waals surface area contributed by atoms with Crippen molar-refractivity contribution in [2.75, 3.05) is 13.2 Å². The Morgan fingerprint density at radius 2 is 1.71 bits per heavy atom. The van der Waals surface area contributed by atoms with Gasteiger partial charge in [0.15, 0.2) is 0 Å². The van der Waals surface area contributed by atoms with E-state index in [-0.39, 0.29) is 37.1 Å². The molecular formula is C40H53F3N6O9S. The molecule has 1 aromatic heterocycles. The third kappa shape index (κ3) is 9.09. The fourth-order valence-electron chi connectivity index (χ4n) is 7.80. The van der Waals surface area contributed by atoms with Crippen molar-refractivity contribution in [3.8, 4) is 11.8 Å². The number of alkyl halides is 3. The first kappa shape index (κ1) is 43.9. The van der Waals surface area contributed by atoms with Gasteiger partial charge in [0.2, 0.25) is 39.2 Å². The van der Waals surface area contributed by atoms with Gasteiger partial charge in [-0.25, -0.2) is 13.2 Å². The zero-order valence-corrected chi connectivity index (χ0v) is 34.9. The van der Waals surface area contributed by atoms with Gasteiger partial charge in [0, 0.05) is 12.3 Å². The van der Waals surface area contributed by atoms with E-state index in [4.69, 9.17) is 14.2 Å². The molecule has 19 heteroatoms. The Morgan fingerprint density at radius 1 is 1.05 bits per heavy atom. The monoisotopic (exact) mass is 850 g/mol. The first-order chi connectivity index (χ1) is 27.6. The van der Waals surface area contributed by atoms with Gasteiger partial charge in [-0.2, -0.15) is 13.2 Å². The smallest absolute Gasteiger partial charge is 0.427 e. The number of amides is 4. The van der Waals surface area contributed by atoms with Crippen LogP contribution in [0.4, 0.5) is 18.0 Å². The number of ether oxygens (including phenoxy) is 3. The number of fused-ring (bicyclic) bond motifs is 3. The van der Waals surface area contributed by atoms with Crippen molar-refractivity contribution in [2.24, 2.45) is 17.8 Å². The third-order valence-corrected chi connectivity index (χ3v) is 14.2. The molecule has 324 valence electrons. The lowest BCUT2D eigenvalue weighted by Crippen LogP contribution is -2.60. The zero-order chi connectivity index (χ0) is 43.1. The van der Waals surface area contributed by atoms with Crippen LogP contribution >= 0.6 is 0 Å². The molecule has 3 N–H and O–H groups in total. The lowest BCUT2D eigenvalue weighted by atomic mass is 9.85. The van der Waals surface area contributed by atoms with Gasteiger partial charge in [-0.3, -0.25) is 19.1 Å². The molecular weight excluding hydrogens is 798 g/mol. The first-order valence-corrected chi connectivity index (χ1v) is 21.6. The lowest BCUT2D eigenvalue weighted by molar-refractivity contribution is -0.244. The maximum atomic E-state index is 14.9. The highest BCUT2D eigenvalue weighted by Gasteiger charge is 2.63. The van der Waals surface area contributed by atoms with Crippen LogP contribution in [0.15, 0.2) is 36.4 Å². The van der Waals surface area contributed by atoms with Gasteiger partial charge in [-0.05, 0) is 90.2 Å². The fourth-order valence-corrected chi connectivity index (χ4v) is 9.12. The van der Waals surface area contributed by atoms with E-state index >= 15 is 0 Å².